The van der Waals surface area contributed by atoms with Crippen molar-refractivity contribution in [1.82, 2.24) is 0 Å². The Bertz CT molecular complexity index is 154. The lowest BCUT2D eigenvalue weighted by Gasteiger charge is -2.35. The van der Waals surface area contributed by atoms with Crippen LogP contribution in [-0.2, 0) is 0 Å². The number of hydrogen-bond acceptors (Lipinski definition) is 3. The van der Waals surface area contributed by atoms with E-state index in [1.54, 1.807) is 0 Å². The van der Waals surface area contributed by atoms with Gasteiger partial charge in [0.05, 0.1) is 0 Å². The Labute approximate surface area is 92.6 Å². The first-order chi connectivity index (χ1) is 6.29. The highest BCUT2D eigenvalue weighted by Gasteiger charge is 2.29. The van der Waals surface area contributed by atoms with Crippen molar-refractivity contribution in [3.63, 3.8) is 0 Å². The molecule has 0 heterocycles. The molecule has 0 aliphatic rings. The van der Waals surface area contributed by atoms with Crippen LogP contribution in [0.5, 0.6) is 0 Å². The molecule has 0 radical (unpaired) electrons. The van der Waals surface area contributed by atoms with Crippen LogP contribution in [0.4, 0.5) is 0 Å². The van der Waals surface area contributed by atoms with E-state index in [2.05, 4.69) is 34.6 Å². The third-order valence-electron chi connectivity index (χ3n) is 2.25. The van der Waals surface area contributed by atoms with Crippen molar-refractivity contribution >= 4 is 11.8 Å². The zero-order chi connectivity index (χ0) is 11.4. The molecule has 3 N–H and O–H groups in total. The third-order valence-corrected chi connectivity index (χ3v) is 4.38. The lowest BCUT2D eigenvalue weighted by atomic mass is 9.88. The molecule has 0 aliphatic carbocycles. The summed E-state index contributed by atoms with van der Waals surface area (Å²) in [4.78, 5) is 0. The van der Waals surface area contributed by atoms with Crippen LogP contribution in [0, 0.1) is 5.41 Å². The largest absolute Gasteiger partial charge is 0.396 e. The normalized spacial score (nSPS) is 19.1. The Hall–Kier alpha value is 0.270. The fourth-order valence-electron chi connectivity index (χ4n) is 1.62. The van der Waals surface area contributed by atoms with Crippen molar-refractivity contribution in [1.29, 1.82) is 0 Å². The zero-order valence-corrected chi connectivity index (χ0v) is 10.9. The molecular weight excluding hydrogens is 194 g/mol. The predicted molar refractivity (Wildman–Crippen MR) is 65.6 cm³/mol. The summed E-state index contributed by atoms with van der Waals surface area (Å²) >= 11 is 1.90. The standard InChI is InChI=1S/C11H25NOS/c1-8(6-7-13)14-10(9(2)12)11(3,4)5/h8-10,13H,6-7,12H2,1-5H3. The monoisotopic (exact) mass is 219 g/mol. The summed E-state index contributed by atoms with van der Waals surface area (Å²) in [7, 11) is 0. The fraction of sp³-hybridized carbons (Fsp3) is 1.00. The molecule has 0 aromatic rings. The van der Waals surface area contributed by atoms with Crippen molar-refractivity contribution in [2.45, 2.75) is 57.6 Å². The Morgan fingerprint density at radius 3 is 2.07 bits per heavy atom. The van der Waals surface area contributed by atoms with Gasteiger partial charge in [-0.25, -0.2) is 0 Å². The summed E-state index contributed by atoms with van der Waals surface area (Å²) in [5.74, 6) is 0. The summed E-state index contributed by atoms with van der Waals surface area (Å²) in [6.07, 6.45) is 0.851. The van der Waals surface area contributed by atoms with E-state index in [-0.39, 0.29) is 18.1 Å². The smallest absolute Gasteiger partial charge is 0.0441 e. The van der Waals surface area contributed by atoms with Gasteiger partial charge in [0.25, 0.3) is 0 Å². The summed E-state index contributed by atoms with van der Waals surface area (Å²) in [5, 5.41) is 9.78. The predicted octanol–water partition coefficient (Wildman–Crippen LogP) is 2.25. The van der Waals surface area contributed by atoms with Crippen LogP contribution in [0.25, 0.3) is 0 Å². The van der Waals surface area contributed by atoms with Gasteiger partial charge in [-0.3, -0.25) is 0 Å². The number of rotatable bonds is 5. The molecule has 3 heteroatoms. The van der Waals surface area contributed by atoms with Crippen LogP contribution in [-0.4, -0.2) is 28.3 Å². The molecule has 14 heavy (non-hydrogen) atoms. The number of aliphatic hydroxyl groups is 1. The van der Waals surface area contributed by atoms with Gasteiger partial charge < -0.3 is 10.8 Å². The average Bonchev–Trinajstić information content (AvgIpc) is 1.98. The van der Waals surface area contributed by atoms with Crippen LogP contribution < -0.4 is 5.73 Å². The number of nitrogens with two attached hydrogens (primary N) is 1. The van der Waals surface area contributed by atoms with Gasteiger partial charge in [0.2, 0.25) is 0 Å². The first-order valence-corrected chi connectivity index (χ1v) is 6.25. The second-order valence-corrected chi connectivity index (χ2v) is 6.69. The minimum Gasteiger partial charge on any atom is -0.396 e. The van der Waals surface area contributed by atoms with Gasteiger partial charge in [-0.2, -0.15) is 11.8 Å². The molecule has 0 aromatic heterocycles. The van der Waals surface area contributed by atoms with Gasteiger partial charge in [0, 0.05) is 23.1 Å². The van der Waals surface area contributed by atoms with E-state index in [4.69, 9.17) is 10.8 Å². The van der Waals surface area contributed by atoms with Gasteiger partial charge in [0.15, 0.2) is 0 Å². The zero-order valence-electron chi connectivity index (χ0n) is 10.1. The summed E-state index contributed by atoms with van der Waals surface area (Å²) in [6.45, 7) is 11.2. The van der Waals surface area contributed by atoms with Crippen molar-refractivity contribution in [2.24, 2.45) is 11.1 Å². The molecule has 0 aliphatic heterocycles. The molecule has 3 unspecified atom stereocenters. The van der Waals surface area contributed by atoms with E-state index in [1.807, 2.05) is 11.8 Å². The maximum absolute atomic E-state index is 8.85. The lowest BCUT2D eigenvalue weighted by Crippen LogP contribution is -2.40. The molecule has 2 nitrogen and oxygen atoms in total. The molecule has 0 bridgehead atoms. The van der Waals surface area contributed by atoms with Gasteiger partial charge in [0.1, 0.15) is 0 Å². The molecule has 86 valence electrons. The summed E-state index contributed by atoms with van der Waals surface area (Å²) < 4.78 is 0. The van der Waals surface area contributed by atoms with E-state index >= 15 is 0 Å². The van der Waals surface area contributed by atoms with Gasteiger partial charge >= 0.3 is 0 Å². The summed E-state index contributed by atoms with van der Waals surface area (Å²) in [6, 6.07) is 0.196. The van der Waals surface area contributed by atoms with Crippen molar-refractivity contribution < 1.29 is 5.11 Å². The van der Waals surface area contributed by atoms with Crippen molar-refractivity contribution in [3.8, 4) is 0 Å². The number of hydrogen-bond donors (Lipinski definition) is 2. The Morgan fingerprint density at radius 2 is 1.79 bits per heavy atom. The highest BCUT2D eigenvalue weighted by atomic mass is 32.2. The second kappa shape index (κ2) is 5.99. The van der Waals surface area contributed by atoms with Crippen LogP contribution >= 0.6 is 11.8 Å². The first-order valence-electron chi connectivity index (χ1n) is 5.31. The molecular formula is C11H25NOS. The Kier molecular flexibility index (Phi) is 6.10. The summed E-state index contributed by atoms with van der Waals surface area (Å²) in [5.41, 5.74) is 6.21. The number of thioether (sulfide) groups is 1. The molecule has 0 aromatic carbocycles. The molecule has 0 saturated heterocycles. The SMILES string of the molecule is CC(CCO)SC(C(C)N)C(C)(C)C. The maximum Gasteiger partial charge on any atom is 0.0441 e. The lowest BCUT2D eigenvalue weighted by molar-refractivity contribution is 0.288. The molecule has 0 saturated carbocycles. The van der Waals surface area contributed by atoms with Crippen molar-refractivity contribution in [3.05, 3.63) is 0 Å². The molecule has 3 atom stereocenters. The Balaban J connectivity index is 4.24. The topological polar surface area (TPSA) is 46.2 Å². The Morgan fingerprint density at radius 1 is 1.29 bits per heavy atom. The first kappa shape index (κ1) is 14.3. The molecule has 0 rings (SSSR count). The highest BCUT2D eigenvalue weighted by molar-refractivity contribution is 8.00. The van der Waals surface area contributed by atoms with Gasteiger partial charge in [-0.15, -0.1) is 0 Å². The minimum absolute atomic E-state index is 0.196. The van der Waals surface area contributed by atoms with E-state index in [1.165, 1.54) is 0 Å². The van der Waals surface area contributed by atoms with Gasteiger partial charge in [-0.05, 0) is 18.8 Å². The van der Waals surface area contributed by atoms with Crippen LogP contribution in [0.15, 0.2) is 0 Å². The highest BCUT2D eigenvalue weighted by Crippen LogP contribution is 2.35. The average molecular weight is 219 g/mol. The molecule has 0 fully saturated rings. The van der Waals surface area contributed by atoms with E-state index in [0.29, 0.717) is 10.5 Å². The molecule has 0 spiro atoms. The fourth-order valence-corrected chi connectivity index (χ4v) is 3.02. The minimum atomic E-state index is 0.196. The van der Waals surface area contributed by atoms with E-state index in [0.717, 1.165) is 6.42 Å². The number of aliphatic hydroxyl groups excluding tert-OH is 1. The second-order valence-electron chi connectivity index (χ2n) is 5.10. The van der Waals surface area contributed by atoms with Crippen LogP contribution in [0.2, 0.25) is 0 Å². The van der Waals surface area contributed by atoms with E-state index < -0.39 is 0 Å². The van der Waals surface area contributed by atoms with Crippen LogP contribution in [0.1, 0.15) is 41.0 Å². The van der Waals surface area contributed by atoms with Crippen molar-refractivity contribution in [2.75, 3.05) is 6.61 Å². The quantitative estimate of drug-likeness (QED) is 0.745. The maximum atomic E-state index is 8.85. The van der Waals surface area contributed by atoms with Gasteiger partial charge in [-0.1, -0.05) is 27.7 Å². The van der Waals surface area contributed by atoms with Crippen LogP contribution in [0.3, 0.4) is 0 Å². The third kappa shape index (κ3) is 5.23. The van der Waals surface area contributed by atoms with E-state index in [9.17, 15) is 0 Å². The molecule has 0 amide bonds.